The highest BCUT2D eigenvalue weighted by Crippen LogP contribution is 2.25. The zero-order valence-corrected chi connectivity index (χ0v) is 10.4. The predicted molar refractivity (Wildman–Crippen MR) is 63.3 cm³/mol. The molecule has 0 aliphatic heterocycles. The highest BCUT2D eigenvalue weighted by Gasteiger charge is 2.22. The van der Waals surface area contributed by atoms with Gasteiger partial charge < -0.3 is 9.94 Å². The van der Waals surface area contributed by atoms with Crippen molar-refractivity contribution in [2.75, 3.05) is 5.06 Å². The number of amides is 1. The molecule has 0 saturated carbocycles. The fraction of sp³-hybridized carbons (Fsp3) is 0.182. The van der Waals surface area contributed by atoms with Gasteiger partial charge in [0.15, 0.2) is 0 Å². The monoisotopic (exact) mass is 271 g/mol. The second-order valence-electron chi connectivity index (χ2n) is 3.36. The quantitative estimate of drug-likeness (QED) is 0.830. The van der Waals surface area contributed by atoms with Crippen LogP contribution in [0.4, 0.5) is 5.69 Å². The number of benzene rings is 1. The highest BCUT2D eigenvalue weighted by molar-refractivity contribution is 6.31. The number of anilines is 1. The molecule has 0 aromatic heterocycles. The first kappa shape index (κ1) is 14.0. The van der Waals surface area contributed by atoms with Crippen LogP contribution in [0.2, 0.25) is 5.02 Å². The van der Waals surface area contributed by atoms with Crippen LogP contribution in [-0.4, -0.2) is 23.0 Å². The Labute approximate surface area is 108 Å². The van der Waals surface area contributed by atoms with Gasteiger partial charge in [0, 0.05) is 18.9 Å². The summed E-state index contributed by atoms with van der Waals surface area (Å²) in [5.74, 6) is -2.66. The first-order valence-corrected chi connectivity index (χ1v) is 5.22. The third kappa shape index (κ3) is 3.21. The minimum Gasteiger partial charge on any atom is -0.478 e. The van der Waals surface area contributed by atoms with Crippen molar-refractivity contribution in [2.45, 2.75) is 13.8 Å². The molecule has 96 valence electrons. The van der Waals surface area contributed by atoms with Crippen molar-refractivity contribution in [3.8, 4) is 0 Å². The minimum absolute atomic E-state index is 0.0606. The van der Waals surface area contributed by atoms with Gasteiger partial charge in [-0.15, -0.1) is 5.06 Å². The van der Waals surface area contributed by atoms with E-state index >= 15 is 0 Å². The zero-order chi connectivity index (χ0) is 13.9. The van der Waals surface area contributed by atoms with Gasteiger partial charge in [-0.3, -0.25) is 4.79 Å². The molecular formula is C11H10ClNO5. The fourth-order valence-corrected chi connectivity index (χ4v) is 1.44. The van der Waals surface area contributed by atoms with Crippen molar-refractivity contribution in [3.63, 3.8) is 0 Å². The Bertz CT molecular complexity index is 514. The molecule has 1 aromatic rings. The average molecular weight is 272 g/mol. The number of halogens is 1. The number of carboxylic acids is 1. The SMILES string of the molecule is CC(=O)ON(C(C)=O)c1ccc(Cl)cc1C(=O)O. The summed E-state index contributed by atoms with van der Waals surface area (Å²) in [5.41, 5.74) is -0.298. The summed E-state index contributed by atoms with van der Waals surface area (Å²) in [6, 6.07) is 3.84. The maximum absolute atomic E-state index is 11.4. The molecule has 1 amide bonds. The fourth-order valence-electron chi connectivity index (χ4n) is 1.27. The van der Waals surface area contributed by atoms with Crippen LogP contribution in [0.3, 0.4) is 0 Å². The van der Waals surface area contributed by atoms with Gasteiger partial charge >= 0.3 is 11.9 Å². The van der Waals surface area contributed by atoms with Crippen LogP contribution < -0.4 is 5.06 Å². The van der Waals surface area contributed by atoms with Crippen molar-refractivity contribution < 1.29 is 24.3 Å². The lowest BCUT2D eigenvalue weighted by Gasteiger charge is -2.20. The Morgan fingerprint density at radius 3 is 2.33 bits per heavy atom. The number of carbonyl (C=O) groups excluding carboxylic acids is 2. The maximum atomic E-state index is 11.4. The Morgan fingerprint density at radius 1 is 1.28 bits per heavy atom. The van der Waals surface area contributed by atoms with E-state index in [1.807, 2.05) is 0 Å². The molecule has 0 aliphatic carbocycles. The molecule has 0 fully saturated rings. The van der Waals surface area contributed by atoms with Crippen molar-refractivity contribution in [1.29, 1.82) is 0 Å². The van der Waals surface area contributed by atoms with E-state index in [0.717, 1.165) is 13.8 Å². The standard InChI is InChI=1S/C11H10ClNO5/c1-6(14)13(18-7(2)15)10-4-3-8(12)5-9(10)11(16)17/h3-5H,1-2H3,(H,16,17). The Kier molecular flexibility index (Phi) is 4.28. The van der Waals surface area contributed by atoms with Crippen LogP contribution >= 0.6 is 11.6 Å². The first-order chi connectivity index (χ1) is 8.32. The molecule has 18 heavy (non-hydrogen) atoms. The summed E-state index contributed by atoms with van der Waals surface area (Å²) in [5, 5.41) is 9.83. The smallest absolute Gasteiger partial charge is 0.338 e. The number of carbonyl (C=O) groups is 3. The van der Waals surface area contributed by atoms with E-state index in [2.05, 4.69) is 4.84 Å². The molecule has 0 unspecified atom stereocenters. The zero-order valence-electron chi connectivity index (χ0n) is 9.64. The normalized spacial score (nSPS) is 9.72. The molecule has 0 heterocycles. The second kappa shape index (κ2) is 5.50. The molecule has 0 radical (unpaired) electrons. The molecule has 1 rings (SSSR count). The number of hydrogen-bond donors (Lipinski definition) is 1. The molecule has 0 spiro atoms. The summed E-state index contributed by atoms with van der Waals surface area (Å²) in [7, 11) is 0. The molecule has 0 saturated heterocycles. The summed E-state index contributed by atoms with van der Waals surface area (Å²) in [6.45, 7) is 2.25. The van der Waals surface area contributed by atoms with Gasteiger partial charge in [0.25, 0.3) is 5.91 Å². The van der Waals surface area contributed by atoms with Gasteiger partial charge in [-0.05, 0) is 18.2 Å². The van der Waals surface area contributed by atoms with Crippen molar-refractivity contribution in [1.82, 2.24) is 0 Å². The molecule has 7 heteroatoms. The summed E-state index contributed by atoms with van der Waals surface area (Å²) in [4.78, 5) is 38.0. The first-order valence-electron chi connectivity index (χ1n) is 4.85. The van der Waals surface area contributed by atoms with E-state index in [1.54, 1.807) is 0 Å². The number of aromatic carboxylic acids is 1. The topological polar surface area (TPSA) is 83.9 Å². The van der Waals surface area contributed by atoms with E-state index in [4.69, 9.17) is 16.7 Å². The van der Waals surface area contributed by atoms with Crippen molar-refractivity contribution in [3.05, 3.63) is 28.8 Å². The molecule has 0 atom stereocenters. The molecule has 1 aromatic carbocycles. The van der Waals surface area contributed by atoms with Gasteiger partial charge in [0.05, 0.1) is 11.3 Å². The van der Waals surface area contributed by atoms with Crippen LogP contribution in [0.15, 0.2) is 18.2 Å². The third-order valence-electron chi connectivity index (χ3n) is 1.91. The largest absolute Gasteiger partial charge is 0.478 e. The second-order valence-corrected chi connectivity index (χ2v) is 3.80. The minimum atomic E-state index is -1.29. The van der Waals surface area contributed by atoms with Crippen LogP contribution in [0.1, 0.15) is 24.2 Å². The predicted octanol–water partition coefficient (Wildman–Crippen LogP) is 1.87. The molecule has 0 aliphatic rings. The van der Waals surface area contributed by atoms with Crippen LogP contribution in [-0.2, 0) is 14.4 Å². The van der Waals surface area contributed by atoms with E-state index in [9.17, 15) is 14.4 Å². The number of hydrogen-bond acceptors (Lipinski definition) is 4. The van der Waals surface area contributed by atoms with Gasteiger partial charge in [0.1, 0.15) is 0 Å². The lowest BCUT2D eigenvalue weighted by Crippen LogP contribution is -2.32. The molecule has 1 N–H and O–H groups in total. The number of hydroxylamine groups is 1. The molecule has 6 nitrogen and oxygen atoms in total. The summed E-state index contributed by atoms with van der Waals surface area (Å²) < 4.78 is 0. The lowest BCUT2D eigenvalue weighted by atomic mass is 10.1. The number of nitrogens with zero attached hydrogens (tertiary/aromatic N) is 1. The Hall–Kier alpha value is -2.08. The van der Waals surface area contributed by atoms with Crippen molar-refractivity contribution >= 4 is 35.1 Å². The molecular weight excluding hydrogens is 262 g/mol. The number of rotatable bonds is 2. The van der Waals surface area contributed by atoms with Crippen LogP contribution in [0.25, 0.3) is 0 Å². The lowest BCUT2D eigenvalue weighted by molar-refractivity contribution is -0.147. The summed E-state index contributed by atoms with van der Waals surface area (Å²) >= 11 is 5.68. The highest BCUT2D eigenvalue weighted by atomic mass is 35.5. The maximum Gasteiger partial charge on any atom is 0.338 e. The van der Waals surface area contributed by atoms with Gasteiger partial charge in [-0.2, -0.15) is 0 Å². The van der Waals surface area contributed by atoms with E-state index in [-0.39, 0.29) is 16.3 Å². The molecule has 0 bridgehead atoms. The third-order valence-corrected chi connectivity index (χ3v) is 2.15. The van der Waals surface area contributed by atoms with Gasteiger partial charge in [-0.1, -0.05) is 11.6 Å². The van der Waals surface area contributed by atoms with Crippen molar-refractivity contribution in [2.24, 2.45) is 0 Å². The number of carboxylic acid groups (broad SMARTS) is 1. The van der Waals surface area contributed by atoms with Crippen LogP contribution in [0.5, 0.6) is 0 Å². The Morgan fingerprint density at radius 2 is 1.89 bits per heavy atom. The van der Waals surface area contributed by atoms with E-state index in [0.29, 0.717) is 5.06 Å². The van der Waals surface area contributed by atoms with Gasteiger partial charge in [0.2, 0.25) is 0 Å². The van der Waals surface area contributed by atoms with Crippen LogP contribution in [0, 0.1) is 0 Å². The average Bonchev–Trinajstić information content (AvgIpc) is 2.25. The van der Waals surface area contributed by atoms with E-state index in [1.165, 1.54) is 18.2 Å². The van der Waals surface area contributed by atoms with Gasteiger partial charge in [-0.25, -0.2) is 9.59 Å². The Balaban J connectivity index is 3.31. The summed E-state index contributed by atoms with van der Waals surface area (Å²) in [6.07, 6.45) is 0. The van der Waals surface area contributed by atoms with E-state index < -0.39 is 17.8 Å².